The summed E-state index contributed by atoms with van der Waals surface area (Å²) < 4.78 is 16.8. The molecular formula is C29H32N2O3. The molecule has 0 saturated carbocycles. The van der Waals surface area contributed by atoms with E-state index in [-0.39, 0.29) is 12.6 Å². The van der Waals surface area contributed by atoms with E-state index in [1.54, 1.807) is 14.2 Å². The second-order valence-corrected chi connectivity index (χ2v) is 9.76. The summed E-state index contributed by atoms with van der Waals surface area (Å²) in [5.74, 6) is 0.325. The van der Waals surface area contributed by atoms with Crippen molar-refractivity contribution in [3.63, 3.8) is 0 Å². The lowest BCUT2D eigenvalue weighted by molar-refractivity contribution is -0.193. The van der Waals surface area contributed by atoms with Gasteiger partial charge in [-0.25, -0.2) is 0 Å². The first-order valence-corrected chi connectivity index (χ1v) is 12.2. The number of nitrogen functional groups attached to an aromatic ring is 1. The molecule has 3 aliphatic rings. The first kappa shape index (κ1) is 21.8. The molecule has 0 spiro atoms. The lowest BCUT2D eigenvalue weighted by atomic mass is 9.91. The molecule has 176 valence electrons. The number of benzene rings is 3. The second-order valence-electron chi connectivity index (χ2n) is 9.76. The SMILES string of the molecule is COC1CC(CN2CCc3cc(-c4ccc5c(c4N)Cc4ccccc4-5)ccc3C2)C(OC)O1. The van der Waals surface area contributed by atoms with Crippen LogP contribution in [0.15, 0.2) is 54.6 Å². The van der Waals surface area contributed by atoms with Crippen LogP contribution in [-0.4, -0.2) is 44.8 Å². The van der Waals surface area contributed by atoms with Crippen LogP contribution in [0.1, 0.15) is 28.7 Å². The van der Waals surface area contributed by atoms with Crippen molar-refractivity contribution in [3.05, 3.63) is 76.9 Å². The van der Waals surface area contributed by atoms with Gasteiger partial charge in [0.25, 0.3) is 0 Å². The van der Waals surface area contributed by atoms with E-state index in [1.165, 1.54) is 38.9 Å². The van der Waals surface area contributed by atoms with Gasteiger partial charge in [0.1, 0.15) is 0 Å². The van der Waals surface area contributed by atoms with Gasteiger partial charge in [0.05, 0.1) is 0 Å². The lowest BCUT2D eigenvalue weighted by Crippen LogP contribution is -2.37. The van der Waals surface area contributed by atoms with Crippen molar-refractivity contribution in [1.29, 1.82) is 0 Å². The summed E-state index contributed by atoms with van der Waals surface area (Å²) in [6, 6.07) is 19.9. The summed E-state index contributed by atoms with van der Waals surface area (Å²) in [5.41, 5.74) is 18.1. The fourth-order valence-electron chi connectivity index (χ4n) is 5.99. The van der Waals surface area contributed by atoms with Gasteiger partial charge >= 0.3 is 0 Å². The minimum atomic E-state index is -0.192. The van der Waals surface area contributed by atoms with Gasteiger partial charge in [-0.15, -0.1) is 0 Å². The van der Waals surface area contributed by atoms with Crippen LogP contribution in [0.25, 0.3) is 22.3 Å². The van der Waals surface area contributed by atoms with Crippen molar-refractivity contribution < 1.29 is 14.2 Å². The van der Waals surface area contributed by atoms with E-state index in [0.717, 1.165) is 50.1 Å². The maximum atomic E-state index is 6.74. The van der Waals surface area contributed by atoms with E-state index in [9.17, 15) is 0 Å². The average molecular weight is 457 g/mol. The van der Waals surface area contributed by atoms with Gasteiger partial charge in [0.2, 0.25) is 0 Å². The number of anilines is 1. The molecule has 1 saturated heterocycles. The maximum absolute atomic E-state index is 6.74. The van der Waals surface area contributed by atoms with Crippen LogP contribution < -0.4 is 5.73 Å². The molecule has 2 heterocycles. The first-order chi connectivity index (χ1) is 16.6. The number of hydrogen-bond donors (Lipinski definition) is 1. The molecule has 5 heteroatoms. The summed E-state index contributed by atoms with van der Waals surface area (Å²) in [5, 5.41) is 0. The van der Waals surface area contributed by atoms with Crippen molar-refractivity contribution in [2.75, 3.05) is 33.0 Å². The molecule has 0 amide bonds. The second kappa shape index (κ2) is 8.82. The number of methoxy groups -OCH3 is 2. The van der Waals surface area contributed by atoms with E-state index in [1.807, 2.05) is 0 Å². The van der Waals surface area contributed by atoms with Crippen LogP contribution in [0.2, 0.25) is 0 Å². The van der Waals surface area contributed by atoms with Crippen LogP contribution in [0, 0.1) is 5.92 Å². The van der Waals surface area contributed by atoms with Crippen LogP contribution in [0.3, 0.4) is 0 Å². The molecule has 2 N–H and O–H groups in total. The number of hydrogen-bond acceptors (Lipinski definition) is 5. The highest BCUT2D eigenvalue weighted by Gasteiger charge is 2.37. The maximum Gasteiger partial charge on any atom is 0.164 e. The highest BCUT2D eigenvalue weighted by Crippen LogP contribution is 2.43. The molecule has 34 heavy (non-hydrogen) atoms. The number of nitrogens with two attached hydrogens (primary N) is 1. The Morgan fingerprint density at radius 1 is 0.941 bits per heavy atom. The van der Waals surface area contributed by atoms with E-state index in [2.05, 4.69) is 59.5 Å². The summed E-state index contributed by atoms with van der Waals surface area (Å²) >= 11 is 0. The number of fused-ring (bicyclic) bond motifs is 4. The Morgan fingerprint density at radius 2 is 1.79 bits per heavy atom. The van der Waals surface area contributed by atoms with Gasteiger partial charge in [-0.05, 0) is 45.4 Å². The van der Waals surface area contributed by atoms with E-state index >= 15 is 0 Å². The average Bonchev–Trinajstić information content (AvgIpc) is 3.45. The Balaban J connectivity index is 1.21. The highest BCUT2D eigenvalue weighted by atomic mass is 16.8. The molecule has 3 unspecified atom stereocenters. The zero-order valence-electron chi connectivity index (χ0n) is 19.9. The standard InChI is InChI=1S/C29H32N2O3/c1-32-27-15-22(29(33-2)34-27)17-31-12-11-18-13-20(7-8-21(18)16-31)24-9-10-25-23-6-4-3-5-19(23)14-26(25)28(24)30/h3-10,13,22,27,29H,11-12,14-17,30H2,1-2H3. The largest absolute Gasteiger partial charge is 0.398 e. The van der Waals surface area contributed by atoms with Crippen LogP contribution in [0.4, 0.5) is 5.69 Å². The molecule has 6 rings (SSSR count). The van der Waals surface area contributed by atoms with Gasteiger partial charge in [-0.1, -0.05) is 54.6 Å². The highest BCUT2D eigenvalue weighted by molar-refractivity contribution is 5.89. The van der Waals surface area contributed by atoms with Crippen LogP contribution in [-0.2, 0) is 33.6 Å². The van der Waals surface area contributed by atoms with Gasteiger partial charge in [0.15, 0.2) is 12.6 Å². The van der Waals surface area contributed by atoms with E-state index in [0.29, 0.717) is 5.92 Å². The van der Waals surface area contributed by atoms with Crippen molar-refractivity contribution in [2.45, 2.75) is 38.4 Å². The molecule has 0 bridgehead atoms. The topological polar surface area (TPSA) is 57.0 Å². The number of nitrogens with zero attached hydrogens (tertiary/aromatic N) is 1. The van der Waals surface area contributed by atoms with Crippen molar-refractivity contribution in [2.24, 2.45) is 5.92 Å². The minimum Gasteiger partial charge on any atom is -0.398 e. The molecular weight excluding hydrogens is 424 g/mol. The molecule has 0 radical (unpaired) electrons. The zero-order chi connectivity index (χ0) is 23.2. The third-order valence-corrected chi connectivity index (χ3v) is 7.79. The first-order valence-electron chi connectivity index (χ1n) is 12.2. The Morgan fingerprint density at radius 3 is 2.65 bits per heavy atom. The third-order valence-electron chi connectivity index (χ3n) is 7.79. The minimum absolute atomic E-state index is 0.167. The van der Waals surface area contributed by atoms with Crippen molar-refractivity contribution in [1.82, 2.24) is 4.90 Å². The Hall–Kier alpha value is -2.70. The van der Waals surface area contributed by atoms with Gasteiger partial charge in [-0.2, -0.15) is 0 Å². The van der Waals surface area contributed by atoms with E-state index < -0.39 is 0 Å². The summed E-state index contributed by atoms with van der Waals surface area (Å²) in [6.07, 6.45) is 2.47. The molecule has 3 atom stereocenters. The fourth-order valence-corrected chi connectivity index (χ4v) is 5.99. The molecule has 1 fully saturated rings. The molecule has 3 aromatic carbocycles. The predicted molar refractivity (Wildman–Crippen MR) is 134 cm³/mol. The summed E-state index contributed by atoms with van der Waals surface area (Å²) in [6.45, 7) is 2.95. The monoisotopic (exact) mass is 456 g/mol. The fraction of sp³-hybridized carbons (Fsp3) is 0.379. The Bertz CT molecular complexity index is 1220. The van der Waals surface area contributed by atoms with Gasteiger partial charge < -0.3 is 19.9 Å². The summed E-state index contributed by atoms with van der Waals surface area (Å²) in [4.78, 5) is 2.51. The predicted octanol–water partition coefficient (Wildman–Crippen LogP) is 4.85. The molecule has 1 aliphatic carbocycles. The molecule has 5 nitrogen and oxygen atoms in total. The van der Waals surface area contributed by atoms with Gasteiger partial charge in [0, 0.05) is 63.9 Å². The third kappa shape index (κ3) is 3.73. The summed E-state index contributed by atoms with van der Waals surface area (Å²) in [7, 11) is 3.41. The van der Waals surface area contributed by atoms with Crippen molar-refractivity contribution >= 4 is 5.69 Å². The lowest BCUT2D eigenvalue weighted by Gasteiger charge is -2.32. The normalized spacial score (nSPS) is 23.5. The molecule has 0 aromatic heterocycles. The Kier molecular flexibility index (Phi) is 5.66. The molecule has 2 aliphatic heterocycles. The van der Waals surface area contributed by atoms with Crippen LogP contribution >= 0.6 is 0 Å². The number of ether oxygens (including phenoxy) is 3. The van der Waals surface area contributed by atoms with Gasteiger partial charge in [-0.3, -0.25) is 4.90 Å². The number of rotatable bonds is 5. The zero-order valence-corrected chi connectivity index (χ0v) is 19.9. The Labute approximate surface area is 201 Å². The quantitative estimate of drug-likeness (QED) is 0.435. The molecule has 3 aromatic rings. The van der Waals surface area contributed by atoms with Crippen molar-refractivity contribution in [3.8, 4) is 22.3 Å². The van der Waals surface area contributed by atoms with E-state index in [4.69, 9.17) is 19.9 Å². The van der Waals surface area contributed by atoms with Crippen LogP contribution in [0.5, 0.6) is 0 Å². The smallest absolute Gasteiger partial charge is 0.164 e.